The summed E-state index contributed by atoms with van der Waals surface area (Å²) in [4.78, 5) is 30.1. The topological polar surface area (TPSA) is 260 Å². The summed E-state index contributed by atoms with van der Waals surface area (Å²) in [5.41, 5.74) is 14.2. The largest absolute Gasteiger partial charge is 0.400 e. The van der Waals surface area contributed by atoms with Crippen molar-refractivity contribution in [1.82, 2.24) is 4.90 Å². The smallest absolute Gasteiger partial charge is 0.326 e. The zero-order valence-corrected chi connectivity index (χ0v) is 26.0. The first kappa shape index (κ1) is 55.9. The SMILES string of the molecule is CC#N.CCN(CC)CC.CO.CO.C[C@H](CCO)[C@@]1(C(=O)C=[N+]=[N-])CO1.F.F.F.[N-]=[N+]=CC(=O)[C@]1([C@H](O)CCO)CO1. The van der Waals surface area contributed by atoms with Crippen LogP contribution in [0, 0.1) is 17.2 Å². The molecule has 0 aromatic carbocycles. The summed E-state index contributed by atoms with van der Waals surface area (Å²) in [5.74, 6) is -0.977. The van der Waals surface area contributed by atoms with E-state index in [9.17, 15) is 14.7 Å². The molecule has 2 aliphatic rings. The molecule has 0 aromatic heterocycles. The van der Waals surface area contributed by atoms with Crippen molar-refractivity contribution in [3.05, 3.63) is 11.1 Å². The number of ketones is 2. The number of ether oxygens (including phenoxy) is 2. The lowest BCUT2D eigenvalue weighted by Crippen LogP contribution is -2.39. The van der Waals surface area contributed by atoms with Gasteiger partial charge in [-0.2, -0.15) is 14.8 Å². The average molecular weight is 637 g/mol. The number of nitrogens with zero attached hydrogens (tertiary/aromatic N) is 6. The lowest BCUT2D eigenvalue weighted by Gasteiger charge is -2.13. The van der Waals surface area contributed by atoms with Gasteiger partial charge in [0.25, 0.3) is 11.6 Å². The fraction of sp³-hybridized carbons (Fsp3) is 0.800. The molecule has 0 bridgehead atoms. The van der Waals surface area contributed by atoms with Crippen LogP contribution in [0.2, 0.25) is 0 Å². The van der Waals surface area contributed by atoms with Gasteiger partial charge in [-0.25, -0.2) is 0 Å². The molecular weight excluding hydrogens is 585 g/mol. The highest BCUT2D eigenvalue weighted by atomic mass is 19.0. The van der Waals surface area contributed by atoms with Gasteiger partial charge in [0.1, 0.15) is 0 Å². The van der Waals surface area contributed by atoms with Gasteiger partial charge in [0.15, 0.2) is 11.2 Å². The minimum Gasteiger partial charge on any atom is -0.400 e. The summed E-state index contributed by atoms with van der Waals surface area (Å²) < 4.78 is 9.87. The maximum absolute atomic E-state index is 11.3. The molecule has 15 nitrogen and oxygen atoms in total. The first-order valence-electron chi connectivity index (χ1n) is 12.6. The monoisotopic (exact) mass is 636 g/mol. The van der Waals surface area contributed by atoms with Crippen molar-refractivity contribution in [2.75, 3.05) is 60.3 Å². The molecule has 43 heavy (non-hydrogen) atoms. The van der Waals surface area contributed by atoms with Crippen molar-refractivity contribution in [3.63, 3.8) is 0 Å². The van der Waals surface area contributed by atoms with Crippen LogP contribution in [0.4, 0.5) is 14.1 Å². The maximum Gasteiger partial charge on any atom is 0.326 e. The van der Waals surface area contributed by atoms with E-state index in [0.717, 1.165) is 20.4 Å². The number of Topliss-reactive ketones (excluding diaryl/α,β-unsaturated/α-hetero) is 2. The number of hydrogen-bond donors (Lipinski definition) is 5. The Bertz CT molecular complexity index is 753. The van der Waals surface area contributed by atoms with Gasteiger partial charge in [0.05, 0.1) is 25.4 Å². The van der Waals surface area contributed by atoms with Crippen LogP contribution < -0.4 is 0 Å². The van der Waals surface area contributed by atoms with Crippen LogP contribution in [-0.4, -0.2) is 142 Å². The number of hydrogen-bond acceptors (Lipinski definition) is 11. The Morgan fingerprint density at radius 3 is 1.40 bits per heavy atom. The summed E-state index contributed by atoms with van der Waals surface area (Å²) in [6.45, 7) is 13.6. The molecule has 2 heterocycles. The molecule has 0 saturated carbocycles. The lowest BCUT2D eigenvalue weighted by atomic mass is 9.88. The normalized spacial score (nSPS) is 18.8. The quantitative estimate of drug-likeness (QED) is 0.0749. The van der Waals surface area contributed by atoms with Crippen LogP contribution >= 0.6 is 0 Å². The molecule has 256 valence electrons. The molecule has 2 saturated heterocycles. The van der Waals surface area contributed by atoms with Crippen LogP contribution in [-0.2, 0) is 19.1 Å². The molecule has 0 unspecified atom stereocenters. The summed E-state index contributed by atoms with van der Waals surface area (Å²) in [6, 6.07) is 1.75. The van der Waals surface area contributed by atoms with Crippen molar-refractivity contribution < 1.29 is 68.3 Å². The van der Waals surface area contributed by atoms with Gasteiger partial charge in [0, 0.05) is 34.4 Å². The van der Waals surface area contributed by atoms with Crippen molar-refractivity contribution in [1.29, 1.82) is 5.26 Å². The molecule has 0 amide bonds. The van der Waals surface area contributed by atoms with Gasteiger partial charge in [-0.15, -0.1) is 0 Å². The highest BCUT2D eigenvalue weighted by Gasteiger charge is 2.58. The van der Waals surface area contributed by atoms with Crippen LogP contribution in [0.15, 0.2) is 0 Å². The van der Waals surface area contributed by atoms with E-state index in [1.54, 1.807) is 6.07 Å². The van der Waals surface area contributed by atoms with Crippen molar-refractivity contribution in [3.8, 4) is 6.07 Å². The third-order valence-corrected chi connectivity index (χ3v) is 5.74. The van der Waals surface area contributed by atoms with E-state index in [1.165, 1.54) is 26.6 Å². The number of epoxide rings is 2. The van der Waals surface area contributed by atoms with Crippen LogP contribution in [0.3, 0.4) is 0 Å². The molecule has 0 aromatic rings. The third-order valence-electron chi connectivity index (χ3n) is 5.74. The highest BCUT2D eigenvalue weighted by Crippen LogP contribution is 2.37. The average Bonchev–Trinajstić information content (AvgIpc) is 3.88. The zero-order chi connectivity index (χ0) is 32.2. The second-order valence-electron chi connectivity index (χ2n) is 7.86. The lowest BCUT2D eigenvalue weighted by molar-refractivity contribution is -0.125. The number of carbonyl (C=O) groups is 2. The predicted octanol–water partition coefficient (Wildman–Crippen LogP) is -0.436. The highest BCUT2D eigenvalue weighted by molar-refractivity contribution is 6.30. The van der Waals surface area contributed by atoms with Gasteiger partial charge in [-0.3, -0.25) is 23.7 Å². The van der Waals surface area contributed by atoms with Crippen molar-refractivity contribution in [2.24, 2.45) is 5.92 Å². The first-order valence-corrected chi connectivity index (χ1v) is 12.6. The minimum atomic E-state index is -1.28. The molecule has 2 aliphatic heterocycles. The van der Waals surface area contributed by atoms with Crippen LogP contribution in [0.5, 0.6) is 0 Å². The Morgan fingerprint density at radius 2 is 1.19 bits per heavy atom. The summed E-state index contributed by atoms with van der Waals surface area (Å²) in [6.07, 6.45) is 1.05. The minimum absolute atomic E-state index is 0. The van der Waals surface area contributed by atoms with Gasteiger partial charge in [0.2, 0.25) is 0 Å². The number of carbonyl (C=O) groups excluding carboxylic acids is 2. The van der Waals surface area contributed by atoms with E-state index in [4.69, 9.17) is 46.2 Å². The van der Waals surface area contributed by atoms with E-state index in [-0.39, 0.29) is 52.1 Å². The summed E-state index contributed by atoms with van der Waals surface area (Å²) in [5, 5.41) is 47.9. The van der Waals surface area contributed by atoms with Gasteiger partial charge < -0.3 is 51.0 Å². The molecule has 5 N–H and O–H groups in total. The van der Waals surface area contributed by atoms with E-state index < -0.39 is 23.1 Å². The molecule has 2 rings (SSSR count). The fourth-order valence-corrected chi connectivity index (χ4v) is 3.10. The van der Waals surface area contributed by atoms with Gasteiger partial charge >= 0.3 is 12.4 Å². The first-order chi connectivity index (χ1) is 19.1. The molecule has 18 heteroatoms. The Hall–Kier alpha value is -2.94. The summed E-state index contributed by atoms with van der Waals surface area (Å²) in [7, 11) is 2.00. The molecule has 2 fully saturated rings. The molecule has 0 radical (unpaired) electrons. The fourth-order valence-electron chi connectivity index (χ4n) is 3.10. The van der Waals surface area contributed by atoms with Crippen LogP contribution in [0.1, 0.15) is 47.5 Å². The molecule has 4 atom stereocenters. The van der Waals surface area contributed by atoms with E-state index in [2.05, 4.69) is 35.3 Å². The number of aliphatic hydroxyl groups is 5. The number of nitriles is 1. The Kier molecular flexibility index (Phi) is 45.9. The Labute approximate surface area is 251 Å². The maximum atomic E-state index is 11.3. The van der Waals surface area contributed by atoms with E-state index in [1.807, 2.05) is 6.92 Å². The van der Waals surface area contributed by atoms with E-state index >= 15 is 0 Å². The van der Waals surface area contributed by atoms with Gasteiger partial charge in [-0.05, 0) is 38.4 Å². The summed E-state index contributed by atoms with van der Waals surface area (Å²) >= 11 is 0. The molecular formula is C25H51F3N6O9. The van der Waals surface area contributed by atoms with E-state index in [0.29, 0.717) is 19.2 Å². The number of halogens is 3. The van der Waals surface area contributed by atoms with Crippen LogP contribution in [0.25, 0.3) is 11.1 Å². The predicted molar refractivity (Wildman–Crippen MR) is 154 cm³/mol. The third kappa shape index (κ3) is 22.3. The molecule has 0 spiro atoms. The zero-order valence-electron chi connectivity index (χ0n) is 26.0. The van der Waals surface area contributed by atoms with Crippen molar-refractivity contribution >= 4 is 24.0 Å². The van der Waals surface area contributed by atoms with Gasteiger partial charge in [-0.1, -0.05) is 27.7 Å². The second kappa shape index (κ2) is 35.3. The number of aliphatic hydroxyl groups excluding tert-OH is 5. The second-order valence-corrected chi connectivity index (χ2v) is 7.86. The molecule has 0 aliphatic carbocycles. The standard InChI is InChI=1S/C8H12N2O3.C7H10N2O4.C6H15N.C2H3N.2CH4O.3FH/c1-6(2-3-11)8(5-13-8)7(12)4-10-9;8-9-3-6(12)7(4-13-7)5(11)1-2-10;1-4-7(5-2)6-3;1-2-3;2*1-2;;;/h4,6,11H,2-3,5H2,1H3;3,5,10-11H,1-2,4H2;4-6H2,1-3H3;1H3;2*2H,1H3;3*1H/t6-,8-;5-,7-;;;;;;;/m11......./s1. The Morgan fingerprint density at radius 1 is 0.884 bits per heavy atom. The Balaban J connectivity index is -0.0000000815. The van der Waals surface area contributed by atoms with Crippen molar-refractivity contribution in [2.45, 2.75) is 64.8 Å². The number of rotatable bonds is 13.